The maximum atomic E-state index is 11.4. The van der Waals surface area contributed by atoms with Crippen LogP contribution in [0.2, 0.25) is 0 Å². The lowest BCUT2D eigenvalue weighted by molar-refractivity contribution is -0.149. The summed E-state index contributed by atoms with van der Waals surface area (Å²) in [5.41, 5.74) is -1.35. The topological polar surface area (TPSA) is 101 Å². The third-order valence-electron chi connectivity index (χ3n) is 2.98. The fraction of sp³-hybridized carbons (Fsp3) is 0.900. The maximum absolute atomic E-state index is 11.4. The molecule has 1 rings (SSSR count). The summed E-state index contributed by atoms with van der Waals surface area (Å²) in [6.45, 7) is 2.22. The van der Waals surface area contributed by atoms with Crippen molar-refractivity contribution in [3.8, 4) is 0 Å². The van der Waals surface area contributed by atoms with Crippen LogP contribution in [0.25, 0.3) is 0 Å². The molecule has 1 aliphatic rings. The number of aliphatic hydroxyl groups is 1. The second-order valence-corrected chi connectivity index (χ2v) is 6.63. The van der Waals surface area contributed by atoms with E-state index in [1.807, 2.05) is 0 Å². The molecule has 6 nitrogen and oxygen atoms in total. The lowest BCUT2D eigenvalue weighted by atomic mass is 9.82. The number of ether oxygens (including phenoxy) is 1. The fourth-order valence-corrected chi connectivity index (χ4v) is 4.17. The third-order valence-corrected chi connectivity index (χ3v) is 4.80. The van der Waals surface area contributed by atoms with Gasteiger partial charge in [0.05, 0.1) is 29.6 Å². The Morgan fingerprint density at radius 3 is 2.59 bits per heavy atom. The van der Waals surface area contributed by atoms with E-state index in [9.17, 15) is 18.3 Å². The third kappa shape index (κ3) is 3.65. The van der Waals surface area contributed by atoms with E-state index in [2.05, 4.69) is 0 Å². The van der Waals surface area contributed by atoms with Gasteiger partial charge in [-0.1, -0.05) is 0 Å². The van der Waals surface area contributed by atoms with Gasteiger partial charge in [0.25, 0.3) is 0 Å². The summed E-state index contributed by atoms with van der Waals surface area (Å²) in [6.07, 6.45) is -0.963. The van der Waals surface area contributed by atoms with Crippen molar-refractivity contribution in [1.82, 2.24) is 0 Å². The Hall–Kier alpha value is -0.660. The molecule has 0 amide bonds. The molecule has 100 valence electrons. The van der Waals surface area contributed by atoms with Gasteiger partial charge in [0.1, 0.15) is 0 Å². The van der Waals surface area contributed by atoms with Crippen LogP contribution in [0.1, 0.15) is 19.8 Å². The van der Waals surface area contributed by atoms with Gasteiger partial charge in [-0.05, 0) is 19.8 Å². The molecular weight excluding hydrogens is 248 g/mol. The van der Waals surface area contributed by atoms with Gasteiger partial charge in [-0.25, -0.2) is 8.42 Å². The van der Waals surface area contributed by atoms with Gasteiger partial charge in [-0.15, -0.1) is 0 Å². The second kappa shape index (κ2) is 5.32. The molecule has 2 atom stereocenters. The van der Waals surface area contributed by atoms with E-state index in [0.717, 1.165) is 0 Å². The average molecular weight is 266 g/mol. The number of rotatable bonds is 6. The first-order valence-corrected chi connectivity index (χ1v) is 7.33. The molecule has 1 saturated heterocycles. The molecule has 2 N–H and O–H groups in total. The number of sulfone groups is 1. The Bertz CT molecular complexity index is 376. The standard InChI is InChI=1S/C10H18O6S/c1-2-16-6-8(11)5-10(9(12)13)3-4-17(14,15)7-10/h8,11H,2-7H2,1H3,(H,12,13). The van der Waals surface area contributed by atoms with Gasteiger partial charge in [-0.2, -0.15) is 0 Å². The molecule has 1 aliphatic heterocycles. The van der Waals surface area contributed by atoms with Gasteiger partial charge in [0.15, 0.2) is 9.84 Å². The SMILES string of the molecule is CCOCC(O)CC1(C(=O)O)CCS(=O)(=O)C1. The van der Waals surface area contributed by atoms with Crippen LogP contribution in [0.3, 0.4) is 0 Å². The lowest BCUT2D eigenvalue weighted by Crippen LogP contribution is -2.37. The van der Waals surface area contributed by atoms with Crippen molar-refractivity contribution in [2.24, 2.45) is 5.41 Å². The number of carbonyl (C=O) groups is 1. The van der Waals surface area contributed by atoms with Crippen molar-refractivity contribution in [2.75, 3.05) is 24.7 Å². The Kier molecular flexibility index (Phi) is 4.51. The summed E-state index contributed by atoms with van der Waals surface area (Å²) in [5.74, 6) is -1.67. The molecule has 0 aromatic carbocycles. The molecule has 0 saturated carbocycles. The van der Waals surface area contributed by atoms with Gasteiger partial charge < -0.3 is 14.9 Å². The highest BCUT2D eigenvalue weighted by atomic mass is 32.2. The molecule has 1 heterocycles. The second-order valence-electron chi connectivity index (χ2n) is 4.44. The predicted octanol–water partition coefficient (Wildman–Crippen LogP) is -0.337. The average Bonchev–Trinajstić information content (AvgIpc) is 2.52. The van der Waals surface area contributed by atoms with Crippen LogP contribution in [-0.4, -0.2) is 55.4 Å². The fourth-order valence-electron chi connectivity index (χ4n) is 2.10. The molecule has 0 radical (unpaired) electrons. The highest BCUT2D eigenvalue weighted by Crippen LogP contribution is 2.37. The van der Waals surface area contributed by atoms with E-state index in [-0.39, 0.29) is 25.2 Å². The number of hydrogen-bond acceptors (Lipinski definition) is 5. The summed E-state index contributed by atoms with van der Waals surface area (Å²) in [5, 5.41) is 18.8. The number of hydrogen-bond donors (Lipinski definition) is 2. The van der Waals surface area contributed by atoms with Crippen LogP contribution in [0, 0.1) is 5.41 Å². The molecule has 0 aromatic rings. The highest BCUT2D eigenvalue weighted by Gasteiger charge is 2.49. The summed E-state index contributed by atoms with van der Waals surface area (Å²) in [6, 6.07) is 0. The van der Waals surface area contributed by atoms with Crippen LogP contribution in [-0.2, 0) is 19.4 Å². The first kappa shape index (κ1) is 14.4. The zero-order valence-electron chi connectivity index (χ0n) is 9.76. The summed E-state index contributed by atoms with van der Waals surface area (Å²) >= 11 is 0. The number of aliphatic carboxylic acids is 1. The van der Waals surface area contributed by atoms with Crippen molar-refractivity contribution in [3.63, 3.8) is 0 Å². The number of aliphatic hydroxyl groups excluding tert-OH is 1. The molecule has 0 spiro atoms. The first-order chi connectivity index (χ1) is 7.81. The van der Waals surface area contributed by atoms with Crippen LogP contribution in [0.5, 0.6) is 0 Å². The monoisotopic (exact) mass is 266 g/mol. The summed E-state index contributed by atoms with van der Waals surface area (Å²) < 4.78 is 27.7. The van der Waals surface area contributed by atoms with Gasteiger partial charge in [0, 0.05) is 6.61 Å². The summed E-state index contributed by atoms with van der Waals surface area (Å²) in [4.78, 5) is 11.2. The molecule has 17 heavy (non-hydrogen) atoms. The minimum Gasteiger partial charge on any atom is -0.481 e. The molecule has 2 unspecified atom stereocenters. The van der Waals surface area contributed by atoms with Crippen molar-refractivity contribution in [3.05, 3.63) is 0 Å². The minimum atomic E-state index is -3.30. The molecular formula is C10H18O6S. The van der Waals surface area contributed by atoms with E-state index >= 15 is 0 Å². The van der Waals surface area contributed by atoms with Crippen LogP contribution in [0.4, 0.5) is 0 Å². The van der Waals surface area contributed by atoms with E-state index in [0.29, 0.717) is 6.61 Å². The van der Waals surface area contributed by atoms with Gasteiger partial charge >= 0.3 is 5.97 Å². The van der Waals surface area contributed by atoms with Crippen molar-refractivity contribution in [2.45, 2.75) is 25.9 Å². The highest BCUT2D eigenvalue weighted by molar-refractivity contribution is 7.91. The van der Waals surface area contributed by atoms with Gasteiger partial charge in [0.2, 0.25) is 0 Å². The smallest absolute Gasteiger partial charge is 0.310 e. The number of carboxylic acids is 1. The molecule has 0 bridgehead atoms. The molecule has 0 aromatic heterocycles. The maximum Gasteiger partial charge on any atom is 0.310 e. The zero-order valence-corrected chi connectivity index (χ0v) is 10.6. The minimum absolute atomic E-state index is 0.0333. The van der Waals surface area contributed by atoms with E-state index in [1.165, 1.54) is 0 Å². The Labute approximate surface area is 101 Å². The Morgan fingerprint density at radius 2 is 2.18 bits per heavy atom. The summed E-state index contributed by atoms with van der Waals surface area (Å²) in [7, 11) is -3.30. The normalized spacial score (nSPS) is 29.1. The lowest BCUT2D eigenvalue weighted by Gasteiger charge is -2.25. The molecule has 0 aliphatic carbocycles. The van der Waals surface area contributed by atoms with Crippen LogP contribution >= 0.6 is 0 Å². The Morgan fingerprint density at radius 1 is 1.53 bits per heavy atom. The van der Waals surface area contributed by atoms with Gasteiger partial charge in [-0.3, -0.25) is 4.79 Å². The molecule has 1 fully saturated rings. The largest absolute Gasteiger partial charge is 0.481 e. The van der Waals surface area contributed by atoms with E-state index < -0.39 is 33.1 Å². The zero-order chi connectivity index (χ0) is 13.1. The Balaban J connectivity index is 2.71. The van der Waals surface area contributed by atoms with E-state index in [4.69, 9.17) is 9.84 Å². The first-order valence-electron chi connectivity index (χ1n) is 5.51. The quantitative estimate of drug-likeness (QED) is 0.682. The molecule has 7 heteroatoms. The number of carboxylic acid groups (broad SMARTS) is 1. The van der Waals surface area contributed by atoms with Crippen molar-refractivity contribution >= 4 is 15.8 Å². The van der Waals surface area contributed by atoms with E-state index in [1.54, 1.807) is 6.92 Å². The van der Waals surface area contributed by atoms with Crippen molar-refractivity contribution < 1.29 is 28.2 Å². The van der Waals surface area contributed by atoms with Crippen LogP contribution < -0.4 is 0 Å². The van der Waals surface area contributed by atoms with Crippen molar-refractivity contribution in [1.29, 1.82) is 0 Å². The van der Waals surface area contributed by atoms with Crippen LogP contribution in [0.15, 0.2) is 0 Å². The predicted molar refractivity (Wildman–Crippen MR) is 60.5 cm³/mol.